The first kappa shape index (κ1) is 17.3. The fraction of sp³-hybridized carbons (Fsp3) is 0.556. The third kappa shape index (κ3) is 4.24. The summed E-state index contributed by atoms with van der Waals surface area (Å²) in [5.74, 6) is 0.337. The molecular weight excluding hydrogens is 292 g/mol. The van der Waals surface area contributed by atoms with E-state index in [9.17, 15) is 9.59 Å². The number of hydrogen-bond donors (Lipinski definition) is 1. The normalized spacial score (nSPS) is 16.9. The van der Waals surface area contributed by atoms with Crippen LogP contribution in [0.25, 0.3) is 0 Å². The summed E-state index contributed by atoms with van der Waals surface area (Å²) >= 11 is 0. The number of ether oxygens (including phenoxy) is 1. The molecule has 1 atom stereocenters. The van der Waals surface area contributed by atoms with E-state index in [0.717, 1.165) is 11.3 Å². The quantitative estimate of drug-likeness (QED) is 0.904. The maximum atomic E-state index is 12.6. The van der Waals surface area contributed by atoms with Gasteiger partial charge in [-0.15, -0.1) is 0 Å². The van der Waals surface area contributed by atoms with Gasteiger partial charge in [0.05, 0.1) is 0 Å². The lowest BCUT2D eigenvalue weighted by Crippen LogP contribution is -2.47. The van der Waals surface area contributed by atoms with Crippen LogP contribution in [0.1, 0.15) is 37.3 Å². The minimum atomic E-state index is -0.484. The topological polar surface area (TPSA) is 72.6 Å². The highest BCUT2D eigenvalue weighted by molar-refractivity contribution is 5.82. The number of nitrogens with zero attached hydrogens (tertiary/aromatic N) is 1. The number of benzene rings is 1. The van der Waals surface area contributed by atoms with Crippen LogP contribution in [0.5, 0.6) is 5.75 Å². The van der Waals surface area contributed by atoms with Gasteiger partial charge in [0.1, 0.15) is 5.75 Å². The molecule has 0 spiro atoms. The molecule has 1 aliphatic heterocycles. The van der Waals surface area contributed by atoms with Crippen LogP contribution in [0.4, 0.5) is 0 Å². The molecule has 1 heterocycles. The van der Waals surface area contributed by atoms with Crippen LogP contribution >= 0.6 is 0 Å². The number of carbonyl (C=O) groups is 2. The Kier molecular flexibility index (Phi) is 5.64. The molecule has 23 heavy (non-hydrogen) atoms. The summed E-state index contributed by atoms with van der Waals surface area (Å²) in [6.07, 6.45) is 1.41. The third-order valence-corrected chi connectivity index (χ3v) is 4.61. The van der Waals surface area contributed by atoms with E-state index in [1.165, 1.54) is 5.56 Å². The van der Waals surface area contributed by atoms with Crippen molar-refractivity contribution >= 4 is 11.8 Å². The molecule has 1 unspecified atom stereocenters. The molecule has 0 aromatic heterocycles. The Bertz CT molecular complexity index is 578. The molecule has 1 saturated heterocycles. The number of likely N-dealkylation sites (tertiary alicyclic amines) is 1. The number of hydrogen-bond acceptors (Lipinski definition) is 3. The van der Waals surface area contributed by atoms with Crippen molar-refractivity contribution in [2.24, 2.45) is 11.7 Å². The summed E-state index contributed by atoms with van der Waals surface area (Å²) in [5, 5.41) is 0. The van der Waals surface area contributed by atoms with Gasteiger partial charge >= 0.3 is 0 Å². The second-order valence-corrected chi connectivity index (χ2v) is 6.26. The minimum Gasteiger partial charge on any atom is -0.481 e. The highest BCUT2D eigenvalue weighted by atomic mass is 16.5. The van der Waals surface area contributed by atoms with Gasteiger partial charge in [-0.1, -0.05) is 13.0 Å². The van der Waals surface area contributed by atoms with Gasteiger partial charge in [-0.25, -0.2) is 0 Å². The maximum absolute atomic E-state index is 12.6. The molecule has 1 aromatic carbocycles. The summed E-state index contributed by atoms with van der Waals surface area (Å²) in [6.45, 7) is 7.16. The van der Waals surface area contributed by atoms with E-state index in [0.29, 0.717) is 32.4 Å². The van der Waals surface area contributed by atoms with Crippen molar-refractivity contribution in [2.45, 2.75) is 46.1 Å². The first-order chi connectivity index (χ1) is 10.9. The van der Waals surface area contributed by atoms with E-state index >= 15 is 0 Å². The zero-order chi connectivity index (χ0) is 17.0. The first-order valence-electron chi connectivity index (χ1n) is 8.24. The predicted octanol–water partition coefficient (Wildman–Crippen LogP) is 2.18. The van der Waals surface area contributed by atoms with Gasteiger partial charge in [-0.2, -0.15) is 0 Å². The Labute approximate surface area is 137 Å². The van der Waals surface area contributed by atoms with Gasteiger partial charge in [0.15, 0.2) is 6.10 Å². The van der Waals surface area contributed by atoms with Crippen molar-refractivity contribution in [3.05, 3.63) is 29.3 Å². The zero-order valence-corrected chi connectivity index (χ0v) is 14.2. The Hall–Kier alpha value is -2.04. The first-order valence-corrected chi connectivity index (χ1v) is 8.24. The highest BCUT2D eigenvalue weighted by Crippen LogP contribution is 2.21. The van der Waals surface area contributed by atoms with Gasteiger partial charge in [0.2, 0.25) is 5.91 Å². The molecule has 0 aliphatic carbocycles. The number of amides is 2. The Morgan fingerprint density at radius 3 is 2.43 bits per heavy atom. The number of carbonyl (C=O) groups excluding carboxylic acids is 2. The molecule has 2 amide bonds. The third-order valence-electron chi connectivity index (χ3n) is 4.61. The van der Waals surface area contributed by atoms with E-state index in [2.05, 4.69) is 0 Å². The number of primary amides is 1. The van der Waals surface area contributed by atoms with Crippen molar-refractivity contribution < 1.29 is 14.3 Å². The largest absolute Gasteiger partial charge is 0.481 e. The monoisotopic (exact) mass is 318 g/mol. The molecule has 5 heteroatoms. The van der Waals surface area contributed by atoms with Crippen LogP contribution in [-0.2, 0) is 9.59 Å². The molecule has 1 fully saturated rings. The summed E-state index contributed by atoms with van der Waals surface area (Å²) < 4.78 is 5.91. The molecule has 2 N–H and O–H groups in total. The van der Waals surface area contributed by atoms with E-state index in [1.54, 1.807) is 4.90 Å². The van der Waals surface area contributed by atoms with Crippen molar-refractivity contribution in [3.8, 4) is 5.75 Å². The van der Waals surface area contributed by atoms with Crippen molar-refractivity contribution in [3.63, 3.8) is 0 Å². The molecular formula is C18H26N2O3. The van der Waals surface area contributed by atoms with Crippen LogP contribution < -0.4 is 10.5 Å². The average molecular weight is 318 g/mol. The van der Waals surface area contributed by atoms with E-state index in [-0.39, 0.29) is 17.7 Å². The lowest BCUT2D eigenvalue weighted by atomic mass is 9.96. The second-order valence-electron chi connectivity index (χ2n) is 6.26. The summed E-state index contributed by atoms with van der Waals surface area (Å²) in [6, 6.07) is 5.86. The van der Waals surface area contributed by atoms with E-state index in [4.69, 9.17) is 10.5 Å². The number of nitrogens with two attached hydrogens (primary N) is 1. The van der Waals surface area contributed by atoms with Gasteiger partial charge in [0.25, 0.3) is 5.91 Å². The smallest absolute Gasteiger partial charge is 0.263 e. The molecule has 0 saturated carbocycles. The zero-order valence-electron chi connectivity index (χ0n) is 14.2. The fourth-order valence-electron chi connectivity index (χ4n) is 2.85. The summed E-state index contributed by atoms with van der Waals surface area (Å²) in [4.78, 5) is 25.6. The van der Waals surface area contributed by atoms with Crippen LogP contribution in [-0.4, -0.2) is 35.9 Å². The van der Waals surface area contributed by atoms with Gasteiger partial charge < -0.3 is 15.4 Å². The molecule has 1 aromatic rings. The predicted molar refractivity (Wildman–Crippen MR) is 89.1 cm³/mol. The number of rotatable bonds is 5. The fourth-order valence-corrected chi connectivity index (χ4v) is 2.85. The molecule has 126 valence electrons. The van der Waals surface area contributed by atoms with Crippen LogP contribution in [0, 0.1) is 19.8 Å². The lowest BCUT2D eigenvalue weighted by molar-refractivity contribution is -0.141. The van der Waals surface area contributed by atoms with Crippen LogP contribution in [0.15, 0.2) is 18.2 Å². The Morgan fingerprint density at radius 2 is 1.91 bits per heavy atom. The average Bonchev–Trinajstić information content (AvgIpc) is 2.55. The molecule has 5 nitrogen and oxygen atoms in total. The molecule has 1 aliphatic rings. The summed E-state index contributed by atoms with van der Waals surface area (Å²) in [5.41, 5.74) is 7.68. The Balaban J connectivity index is 1.98. The van der Waals surface area contributed by atoms with Crippen molar-refractivity contribution in [1.29, 1.82) is 0 Å². The van der Waals surface area contributed by atoms with Crippen molar-refractivity contribution in [2.75, 3.05) is 13.1 Å². The van der Waals surface area contributed by atoms with Crippen LogP contribution in [0.2, 0.25) is 0 Å². The van der Waals surface area contributed by atoms with Crippen LogP contribution in [0.3, 0.4) is 0 Å². The minimum absolute atomic E-state index is 0.00588. The Morgan fingerprint density at radius 1 is 1.26 bits per heavy atom. The standard InChI is InChI=1S/C18H26N2O3/c1-4-16(23-15-6-5-12(2)13(3)11-15)18(22)20-9-7-14(8-10-20)17(19)21/h5-6,11,14,16H,4,7-10H2,1-3H3,(H2,19,21). The molecule has 2 rings (SSSR count). The van der Waals surface area contributed by atoms with Gasteiger partial charge in [-0.05, 0) is 56.4 Å². The highest BCUT2D eigenvalue weighted by Gasteiger charge is 2.30. The maximum Gasteiger partial charge on any atom is 0.263 e. The SMILES string of the molecule is CCC(Oc1ccc(C)c(C)c1)C(=O)N1CCC(C(N)=O)CC1. The summed E-state index contributed by atoms with van der Waals surface area (Å²) in [7, 11) is 0. The number of aryl methyl sites for hydroxylation is 2. The molecule has 0 radical (unpaired) electrons. The van der Waals surface area contributed by atoms with Gasteiger partial charge in [0, 0.05) is 19.0 Å². The number of piperidine rings is 1. The van der Waals surface area contributed by atoms with Crippen molar-refractivity contribution in [1.82, 2.24) is 4.90 Å². The lowest BCUT2D eigenvalue weighted by Gasteiger charge is -2.33. The van der Waals surface area contributed by atoms with Gasteiger partial charge in [-0.3, -0.25) is 9.59 Å². The van der Waals surface area contributed by atoms with E-state index < -0.39 is 6.10 Å². The second kappa shape index (κ2) is 7.49. The molecule has 0 bridgehead atoms. The van der Waals surface area contributed by atoms with E-state index in [1.807, 2.05) is 39.0 Å².